The molecular weight excluding hydrogens is 412 g/mol. The molecule has 3 N–H and O–H groups in total. The zero-order valence-electron chi connectivity index (χ0n) is 18.4. The van der Waals surface area contributed by atoms with Crippen molar-refractivity contribution in [1.82, 2.24) is 5.32 Å². The van der Waals surface area contributed by atoms with Crippen molar-refractivity contribution in [2.24, 2.45) is 17.8 Å². The lowest BCUT2D eigenvalue weighted by atomic mass is 9.78. The monoisotopic (exact) mass is 446 g/mol. The molecule has 6 nitrogen and oxygen atoms in total. The number of carbonyl (C=O) groups excluding carboxylic acids is 2. The van der Waals surface area contributed by atoms with Gasteiger partial charge in [-0.25, -0.2) is 0 Å². The molecule has 0 unspecified atom stereocenters. The standard InChI is InChI=1S/C24H34N2O4S/c1-2-14-11-12-18-19(13-14)31-23(20(18)22(28)25-15-7-3-4-8-15)26-21(27)16-9-5-6-10-17(16)24(29)30/h14-17H,2-13H2,1H3,(H,25,28)(H,26,27)(H,29,30)/t14-,16-,17-/m1/s1. The Kier molecular flexibility index (Phi) is 6.99. The number of amides is 2. The van der Waals surface area contributed by atoms with Crippen molar-refractivity contribution >= 4 is 34.1 Å². The van der Waals surface area contributed by atoms with Crippen LogP contribution in [0.2, 0.25) is 0 Å². The Labute approximate surface area is 188 Å². The second-order valence-electron chi connectivity index (χ2n) is 9.50. The summed E-state index contributed by atoms with van der Waals surface area (Å²) in [5.74, 6) is -1.76. The van der Waals surface area contributed by atoms with Gasteiger partial charge < -0.3 is 15.7 Å². The average Bonchev–Trinajstić information content (AvgIpc) is 3.40. The van der Waals surface area contributed by atoms with Crippen molar-refractivity contribution in [1.29, 1.82) is 0 Å². The van der Waals surface area contributed by atoms with Gasteiger partial charge in [0, 0.05) is 10.9 Å². The van der Waals surface area contributed by atoms with E-state index in [4.69, 9.17) is 0 Å². The molecule has 0 saturated heterocycles. The van der Waals surface area contributed by atoms with Crippen LogP contribution in [0.1, 0.15) is 91.9 Å². The van der Waals surface area contributed by atoms with Crippen molar-refractivity contribution in [3.63, 3.8) is 0 Å². The smallest absolute Gasteiger partial charge is 0.307 e. The third-order valence-corrected chi connectivity index (χ3v) is 8.69. The summed E-state index contributed by atoms with van der Waals surface area (Å²) in [5, 5.41) is 16.4. The van der Waals surface area contributed by atoms with Crippen LogP contribution >= 0.6 is 11.3 Å². The Balaban J connectivity index is 1.59. The summed E-state index contributed by atoms with van der Waals surface area (Å²) in [4.78, 5) is 39.3. The molecule has 2 fully saturated rings. The Morgan fingerprint density at radius 1 is 1.00 bits per heavy atom. The second-order valence-corrected chi connectivity index (χ2v) is 10.6. The van der Waals surface area contributed by atoms with E-state index in [1.54, 1.807) is 0 Å². The van der Waals surface area contributed by atoms with Gasteiger partial charge in [0.15, 0.2) is 0 Å². The third-order valence-electron chi connectivity index (χ3n) is 7.52. The minimum absolute atomic E-state index is 0.0759. The van der Waals surface area contributed by atoms with Crippen molar-refractivity contribution in [3.8, 4) is 0 Å². The summed E-state index contributed by atoms with van der Waals surface area (Å²) in [6.07, 6.45) is 11.2. The topological polar surface area (TPSA) is 95.5 Å². The molecule has 0 spiro atoms. The van der Waals surface area contributed by atoms with Crippen molar-refractivity contribution in [2.75, 3.05) is 5.32 Å². The van der Waals surface area contributed by atoms with Gasteiger partial charge in [0.25, 0.3) is 5.91 Å². The number of nitrogens with one attached hydrogen (secondary N) is 2. The highest BCUT2D eigenvalue weighted by atomic mass is 32.1. The summed E-state index contributed by atoms with van der Waals surface area (Å²) < 4.78 is 0. The summed E-state index contributed by atoms with van der Waals surface area (Å²) in [6.45, 7) is 2.20. The molecule has 170 valence electrons. The molecule has 0 aliphatic heterocycles. The lowest BCUT2D eigenvalue weighted by Crippen LogP contribution is -2.37. The molecule has 3 aliphatic rings. The average molecular weight is 447 g/mol. The Hall–Kier alpha value is -1.89. The Morgan fingerprint density at radius 3 is 2.35 bits per heavy atom. The fourth-order valence-electron chi connectivity index (χ4n) is 5.60. The quantitative estimate of drug-likeness (QED) is 0.587. The summed E-state index contributed by atoms with van der Waals surface area (Å²) >= 11 is 1.53. The maximum Gasteiger partial charge on any atom is 0.307 e. The molecule has 0 radical (unpaired) electrons. The highest BCUT2D eigenvalue weighted by Crippen LogP contribution is 2.41. The predicted octanol–water partition coefficient (Wildman–Crippen LogP) is 4.76. The first kappa shape index (κ1) is 22.3. The highest BCUT2D eigenvalue weighted by molar-refractivity contribution is 7.17. The first-order valence-electron chi connectivity index (χ1n) is 12.0. The van der Waals surface area contributed by atoms with Crippen molar-refractivity contribution < 1.29 is 19.5 Å². The molecule has 3 aliphatic carbocycles. The summed E-state index contributed by atoms with van der Waals surface area (Å²) in [6, 6.07) is 0.216. The lowest BCUT2D eigenvalue weighted by molar-refractivity contribution is -0.147. The molecule has 1 heterocycles. The minimum atomic E-state index is -0.893. The first-order chi connectivity index (χ1) is 15.0. The van der Waals surface area contributed by atoms with Crippen LogP contribution in [0.3, 0.4) is 0 Å². The van der Waals surface area contributed by atoms with Crippen LogP contribution in [-0.4, -0.2) is 28.9 Å². The first-order valence-corrected chi connectivity index (χ1v) is 12.8. The number of carboxylic acids is 1. The maximum absolute atomic E-state index is 13.3. The normalized spacial score (nSPS) is 26.3. The zero-order valence-corrected chi connectivity index (χ0v) is 19.2. The molecule has 4 rings (SSSR count). The van der Waals surface area contributed by atoms with Crippen LogP contribution in [0.25, 0.3) is 0 Å². The SMILES string of the molecule is CC[C@@H]1CCc2c(sc(NC(=O)[C@@H]3CCCC[C@H]3C(=O)O)c2C(=O)NC2CCCC2)C1. The Bertz CT molecular complexity index is 843. The van der Waals surface area contributed by atoms with E-state index < -0.39 is 17.8 Å². The largest absolute Gasteiger partial charge is 0.481 e. The number of carboxylic acid groups (broad SMARTS) is 1. The second kappa shape index (κ2) is 9.72. The lowest BCUT2D eigenvalue weighted by Gasteiger charge is -2.27. The van der Waals surface area contributed by atoms with Gasteiger partial charge in [0.2, 0.25) is 5.91 Å². The van der Waals surface area contributed by atoms with Crippen LogP contribution in [0.5, 0.6) is 0 Å². The summed E-state index contributed by atoms with van der Waals surface area (Å²) in [5.41, 5.74) is 1.73. The van der Waals surface area contributed by atoms with Crippen LogP contribution in [0.4, 0.5) is 5.00 Å². The van der Waals surface area contributed by atoms with Crippen LogP contribution in [0.15, 0.2) is 0 Å². The Morgan fingerprint density at radius 2 is 1.68 bits per heavy atom. The van der Waals surface area contributed by atoms with E-state index in [2.05, 4.69) is 17.6 Å². The van der Waals surface area contributed by atoms with Gasteiger partial charge in [-0.2, -0.15) is 0 Å². The zero-order chi connectivity index (χ0) is 22.0. The third kappa shape index (κ3) is 4.81. The fourth-order valence-corrected chi connectivity index (χ4v) is 6.97. The molecule has 2 amide bonds. The van der Waals surface area contributed by atoms with Gasteiger partial charge in [-0.3, -0.25) is 14.4 Å². The highest BCUT2D eigenvalue weighted by Gasteiger charge is 2.37. The van der Waals surface area contributed by atoms with Crippen LogP contribution in [0, 0.1) is 17.8 Å². The number of rotatable bonds is 6. The van der Waals surface area contributed by atoms with E-state index >= 15 is 0 Å². The molecule has 0 bridgehead atoms. The van der Waals surface area contributed by atoms with E-state index in [-0.39, 0.29) is 17.9 Å². The van der Waals surface area contributed by atoms with E-state index in [1.165, 1.54) is 16.2 Å². The van der Waals surface area contributed by atoms with Crippen molar-refractivity contribution in [2.45, 2.75) is 90.0 Å². The molecule has 31 heavy (non-hydrogen) atoms. The molecule has 7 heteroatoms. The van der Waals surface area contributed by atoms with E-state index in [0.29, 0.717) is 29.3 Å². The summed E-state index contributed by atoms with van der Waals surface area (Å²) in [7, 11) is 0. The van der Waals surface area contributed by atoms with Gasteiger partial charge in [-0.05, 0) is 56.4 Å². The van der Waals surface area contributed by atoms with E-state index in [9.17, 15) is 19.5 Å². The van der Waals surface area contributed by atoms with Gasteiger partial charge in [-0.1, -0.05) is 39.0 Å². The number of fused-ring (bicyclic) bond motifs is 1. The van der Waals surface area contributed by atoms with E-state index in [1.807, 2.05) is 0 Å². The predicted molar refractivity (Wildman–Crippen MR) is 122 cm³/mol. The van der Waals surface area contributed by atoms with Gasteiger partial charge in [-0.15, -0.1) is 11.3 Å². The van der Waals surface area contributed by atoms with Crippen LogP contribution < -0.4 is 10.6 Å². The van der Waals surface area contributed by atoms with Gasteiger partial charge in [0.1, 0.15) is 5.00 Å². The van der Waals surface area contributed by atoms with Crippen LogP contribution in [-0.2, 0) is 22.4 Å². The van der Waals surface area contributed by atoms with E-state index in [0.717, 1.165) is 69.8 Å². The number of thiophene rings is 1. The molecule has 3 atom stereocenters. The molecule has 2 saturated carbocycles. The number of carbonyl (C=O) groups is 3. The fraction of sp³-hybridized carbons (Fsp3) is 0.708. The molecule has 1 aromatic rings. The molecular formula is C24H34N2O4S. The number of hydrogen-bond donors (Lipinski definition) is 3. The molecule has 0 aromatic carbocycles. The van der Waals surface area contributed by atoms with Crippen molar-refractivity contribution in [3.05, 3.63) is 16.0 Å². The van der Waals surface area contributed by atoms with Gasteiger partial charge in [0.05, 0.1) is 17.4 Å². The van der Waals surface area contributed by atoms with Gasteiger partial charge >= 0.3 is 5.97 Å². The number of hydrogen-bond acceptors (Lipinski definition) is 4. The number of anilines is 1. The molecule has 1 aromatic heterocycles. The maximum atomic E-state index is 13.3. The number of aliphatic carboxylic acids is 1. The minimum Gasteiger partial charge on any atom is -0.481 e.